The van der Waals surface area contributed by atoms with Gasteiger partial charge in [0, 0.05) is 11.5 Å². The molecular weight excluding hydrogens is 241 g/mol. The van der Waals surface area contributed by atoms with E-state index in [1.165, 1.54) is 5.92 Å². The Bertz CT molecular complexity index is 633. The van der Waals surface area contributed by atoms with E-state index in [0.717, 1.165) is 10.8 Å². The molecule has 4 heteroatoms. The van der Waals surface area contributed by atoms with Crippen molar-refractivity contribution in [3.63, 3.8) is 0 Å². The van der Waals surface area contributed by atoms with Crippen LogP contribution in [0.25, 0.3) is 10.8 Å². The predicted octanol–water partition coefficient (Wildman–Crippen LogP) is 3.76. The van der Waals surface area contributed by atoms with E-state index in [1.54, 1.807) is 37.4 Å². The zero-order chi connectivity index (χ0) is 13.2. The number of fused-ring (bicyclic) bond motifs is 1. The topological polar surface area (TPSA) is 9.23 Å². The molecule has 18 heavy (non-hydrogen) atoms. The first-order chi connectivity index (χ1) is 8.48. The number of hydrogen-bond donors (Lipinski definition) is 0. The highest BCUT2D eigenvalue weighted by Gasteiger charge is 2.22. The fourth-order valence-corrected chi connectivity index (χ4v) is 1.57. The zero-order valence-electron chi connectivity index (χ0n) is 9.51. The van der Waals surface area contributed by atoms with Gasteiger partial charge in [0.2, 0.25) is 0 Å². The molecular formula is C14H9F3O. The maximum Gasteiger partial charge on any atom is 0.458 e. The normalized spacial score (nSPS) is 10.9. The summed E-state index contributed by atoms with van der Waals surface area (Å²) < 4.78 is 41.0. The van der Waals surface area contributed by atoms with Gasteiger partial charge >= 0.3 is 6.18 Å². The molecule has 0 spiro atoms. The van der Waals surface area contributed by atoms with E-state index in [4.69, 9.17) is 4.74 Å². The van der Waals surface area contributed by atoms with Crippen LogP contribution in [-0.2, 0) is 0 Å². The molecule has 0 N–H and O–H groups in total. The van der Waals surface area contributed by atoms with Crippen LogP contribution in [0.2, 0.25) is 0 Å². The Balaban J connectivity index is 2.41. The summed E-state index contributed by atoms with van der Waals surface area (Å²) in [6.45, 7) is 0. The lowest BCUT2D eigenvalue weighted by atomic mass is 10.1. The van der Waals surface area contributed by atoms with Crippen LogP contribution in [-0.4, -0.2) is 13.3 Å². The Labute approximate surface area is 102 Å². The summed E-state index contributed by atoms with van der Waals surface area (Å²) in [7, 11) is 1.56. The van der Waals surface area contributed by atoms with Crippen LogP contribution in [0.15, 0.2) is 36.4 Å². The van der Waals surface area contributed by atoms with E-state index in [9.17, 15) is 13.2 Å². The standard InChI is InChI=1S/C14H9F3O/c1-18-13-5-4-11-8-10(2-3-12(11)9-13)6-7-14(15,16)17/h2-5,8-9H,1H3. The van der Waals surface area contributed by atoms with Crippen molar-refractivity contribution in [1.82, 2.24) is 0 Å². The van der Waals surface area contributed by atoms with Gasteiger partial charge in [0.15, 0.2) is 0 Å². The fraction of sp³-hybridized carbons (Fsp3) is 0.143. The third-order valence-electron chi connectivity index (χ3n) is 2.40. The second-order valence-corrected chi connectivity index (χ2v) is 3.68. The minimum atomic E-state index is -4.46. The van der Waals surface area contributed by atoms with Crippen LogP contribution in [0, 0.1) is 11.8 Å². The summed E-state index contributed by atoms with van der Waals surface area (Å²) in [5, 5.41) is 1.72. The number of methoxy groups -OCH3 is 1. The van der Waals surface area contributed by atoms with E-state index in [-0.39, 0.29) is 0 Å². The summed E-state index contributed by atoms with van der Waals surface area (Å²) >= 11 is 0. The molecule has 0 unspecified atom stereocenters. The Morgan fingerprint density at radius 3 is 2.33 bits per heavy atom. The van der Waals surface area contributed by atoms with Crippen molar-refractivity contribution >= 4 is 10.8 Å². The number of benzene rings is 2. The minimum absolute atomic E-state index is 0.338. The van der Waals surface area contributed by atoms with Gasteiger partial charge < -0.3 is 4.74 Å². The largest absolute Gasteiger partial charge is 0.497 e. The van der Waals surface area contributed by atoms with E-state index in [1.807, 2.05) is 6.07 Å². The summed E-state index contributed by atoms with van der Waals surface area (Å²) in [4.78, 5) is 0. The number of halogens is 3. The average molecular weight is 250 g/mol. The minimum Gasteiger partial charge on any atom is -0.497 e. The van der Waals surface area contributed by atoms with Gasteiger partial charge in [-0.2, -0.15) is 13.2 Å². The lowest BCUT2D eigenvalue weighted by Gasteiger charge is -2.02. The molecule has 0 saturated heterocycles. The van der Waals surface area contributed by atoms with Gasteiger partial charge in [0.25, 0.3) is 0 Å². The Morgan fingerprint density at radius 1 is 1.00 bits per heavy atom. The molecule has 0 bridgehead atoms. The molecule has 0 heterocycles. The molecule has 1 nitrogen and oxygen atoms in total. The Morgan fingerprint density at radius 2 is 1.67 bits per heavy atom. The molecule has 0 radical (unpaired) electrons. The zero-order valence-corrected chi connectivity index (χ0v) is 9.51. The molecule has 0 aliphatic rings. The lowest BCUT2D eigenvalue weighted by molar-refractivity contribution is -0.0696. The SMILES string of the molecule is COc1ccc2cc(C#CC(F)(F)F)ccc2c1. The van der Waals surface area contributed by atoms with Gasteiger partial charge in [-0.25, -0.2) is 0 Å². The van der Waals surface area contributed by atoms with Crippen molar-refractivity contribution in [1.29, 1.82) is 0 Å². The second kappa shape index (κ2) is 4.61. The van der Waals surface area contributed by atoms with Crippen molar-refractivity contribution in [2.45, 2.75) is 6.18 Å². The highest BCUT2D eigenvalue weighted by atomic mass is 19.4. The molecule has 2 rings (SSSR count). The van der Waals surface area contributed by atoms with Gasteiger partial charge in [0.05, 0.1) is 7.11 Å². The molecule has 0 saturated carbocycles. The highest BCUT2D eigenvalue weighted by Crippen LogP contribution is 2.21. The monoisotopic (exact) mass is 250 g/mol. The lowest BCUT2D eigenvalue weighted by Crippen LogP contribution is -2.01. The van der Waals surface area contributed by atoms with Crippen molar-refractivity contribution < 1.29 is 17.9 Å². The van der Waals surface area contributed by atoms with E-state index < -0.39 is 6.18 Å². The molecule has 2 aromatic rings. The van der Waals surface area contributed by atoms with Crippen molar-refractivity contribution in [2.24, 2.45) is 0 Å². The predicted molar refractivity (Wildman–Crippen MR) is 63.4 cm³/mol. The summed E-state index contributed by atoms with van der Waals surface area (Å²) in [5.41, 5.74) is 0.338. The summed E-state index contributed by atoms with van der Waals surface area (Å²) in [6, 6.07) is 10.2. The van der Waals surface area contributed by atoms with Crippen LogP contribution in [0.4, 0.5) is 13.2 Å². The molecule has 0 atom stereocenters. The summed E-state index contributed by atoms with van der Waals surface area (Å²) in [5.74, 6) is 4.06. The van der Waals surface area contributed by atoms with Crippen molar-refractivity contribution in [2.75, 3.05) is 7.11 Å². The first kappa shape index (κ1) is 12.3. The maximum absolute atomic E-state index is 12.0. The quantitative estimate of drug-likeness (QED) is 0.700. The molecule has 0 amide bonds. The van der Waals surface area contributed by atoms with E-state index >= 15 is 0 Å². The Kier molecular flexibility index (Phi) is 3.15. The van der Waals surface area contributed by atoms with Gasteiger partial charge in [0.1, 0.15) is 5.75 Å². The van der Waals surface area contributed by atoms with Crippen molar-refractivity contribution in [3.8, 4) is 17.6 Å². The molecule has 0 aliphatic carbocycles. The van der Waals surface area contributed by atoms with Crippen LogP contribution >= 0.6 is 0 Å². The molecule has 0 fully saturated rings. The maximum atomic E-state index is 12.0. The third-order valence-corrected chi connectivity index (χ3v) is 2.40. The summed E-state index contributed by atoms with van der Waals surface area (Å²) in [6.07, 6.45) is -4.46. The van der Waals surface area contributed by atoms with Crippen LogP contribution in [0.3, 0.4) is 0 Å². The van der Waals surface area contributed by atoms with Gasteiger partial charge in [-0.15, -0.1) is 0 Å². The first-order valence-corrected chi connectivity index (χ1v) is 5.16. The average Bonchev–Trinajstić information content (AvgIpc) is 2.34. The fourth-order valence-electron chi connectivity index (χ4n) is 1.57. The molecule has 92 valence electrons. The van der Waals surface area contributed by atoms with Crippen LogP contribution < -0.4 is 4.74 Å². The highest BCUT2D eigenvalue weighted by molar-refractivity contribution is 5.85. The smallest absolute Gasteiger partial charge is 0.458 e. The van der Waals surface area contributed by atoms with Gasteiger partial charge in [-0.1, -0.05) is 18.1 Å². The van der Waals surface area contributed by atoms with Crippen LogP contribution in [0.5, 0.6) is 5.75 Å². The number of ether oxygens (including phenoxy) is 1. The number of rotatable bonds is 1. The third kappa shape index (κ3) is 2.95. The molecule has 0 aromatic heterocycles. The van der Waals surface area contributed by atoms with E-state index in [0.29, 0.717) is 11.3 Å². The number of hydrogen-bond acceptors (Lipinski definition) is 1. The second-order valence-electron chi connectivity index (χ2n) is 3.68. The van der Waals surface area contributed by atoms with Crippen LogP contribution in [0.1, 0.15) is 5.56 Å². The Hall–Kier alpha value is -2.15. The first-order valence-electron chi connectivity index (χ1n) is 5.16. The van der Waals surface area contributed by atoms with Gasteiger partial charge in [-0.05, 0) is 35.0 Å². The van der Waals surface area contributed by atoms with E-state index in [2.05, 4.69) is 5.92 Å². The van der Waals surface area contributed by atoms with Crippen molar-refractivity contribution in [3.05, 3.63) is 42.0 Å². The number of alkyl halides is 3. The molecule has 2 aromatic carbocycles. The molecule has 0 aliphatic heterocycles. The van der Waals surface area contributed by atoms with Gasteiger partial charge in [-0.3, -0.25) is 0 Å².